The van der Waals surface area contributed by atoms with Crippen LogP contribution in [0.15, 0.2) is 18.2 Å². The van der Waals surface area contributed by atoms with Gasteiger partial charge in [-0.25, -0.2) is 9.18 Å². The summed E-state index contributed by atoms with van der Waals surface area (Å²) in [4.78, 5) is 11.0. The number of benzene rings is 1. The van der Waals surface area contributed by atoms with Crippen molar-refractivity contribution in [1.29, 1.82) is 0 Å². The Morgan fingerprint density at radius 2 is 2.25 bits per heavy atom. The van der Waals surface area contributed by atoms with Gasteiger partial charge in [-0.05, 0) is 17.7 Å². The van der Waals surface area contributed by atoms with E-state index < -0.39 is 6.09 Å². The Kier molecular flexibility index (Phi) is 4.38. The zero-order valence-electron chi connectivity index (χ0n) is 8.20. The molecule has 0 aromatic heterocycles. The Hall–Kier alpha value is -1.00. The van der Waals surface area contributed by atoms with Gasteiger partial charge in [-0.1, -0.05) is 17.7 Å². The lowest BCUT2D eigenvalue weighted by Crippen LogP contribution is -2.35. The van der Waals surface area contributed by atoms with Crippen molar-refractivity contribution in [3.63, 3.8) is 0 Å². The molecular weight excluding hydrogens is 256 g/mol. The molecule has 1 N–H and O–H groups in total. The third-order valence-corrected chi connectivity index (χ3v) is 2.60. The smallest absolute Gasteiger partial charge is 0.407 e. The molecule has 6 heteroatoms. The highest BCUT2D eigenvalue weighted by molar-refractivity contribution is 6.31. The monoisotopic (exact) mass is 265 g/mol. The summed E-state index contributed by atoms with van der Waals surface area (Å²) < 4.78 is 17.5. The number of nitrogens with one attached hydrogen (secondary N) is 1. The molecular formula is C10H10Cl2FNO2. The molecule has 1 heterocycles. The second-order valence-electron chi connectivity index (χ2n) is 3.29. The standard InChI is InChI=1S/C10H9ClFNO2.ClH/c11-8-5-6(12)1-2-7(8)9-3-4-15-10(14)13-9;/h1-2,5,9H,3-4H2,(H,13,14);1H/t9-;/m0./s1. The molecule has 88 valence electrons. The lowest BCUT2D eigenvalue weighted by Gasteiger charge is -2.24. The molecule has 1 aliphatic rings. The van der Waals surface area contributed by atoms with Crippen LogP contribution in [0.3, 0.4) is 0 Å². The summed E-state index contributed by atoms with van der Waals surface area (Å²) in [6.07, 6.45) is 0.170. The predicted molar refractivity (Wildman–Crippen MR) is 60.5 cm³/mol. The van der Waals surface area contributed by atoms with E-state index in [1.54, 1.807) is 6.07 Å². The number of carbonyl (C=O) groups excluding carboxylic acids is 1. The fraction of sp³-hybridized carbons (Fsp3) is 0.300. The van der Waals surface area contributed by atoms with Gasteiger partial charge in [0.25, 0.3) is 0 Å². The van der Waals surface area contributed by atoms with Gasteiger partial charge >= 0.3 is 6.09 Å². The minimum atomic E-state index is -0.466. The van der Waals surface area contributed by atoms with E-state index in [9.17, 15) is 9.18 Å². The molecule has 1 saturated heterocycles. The second kappa shape index (κ2) is 5.37. The van der Waals surface area contributed by atoms with E-state index in [2.05, 4.69) is 5.32 Å². The third kappa shape index (κ3) is 2.77. The summed E-state index contributed by atoms with van der Waals surface area (Å²) in [5.41, 5.74) is 0.717. The maximum atomic E-state index is 12.8. The summed E-state index contributed by atoms with van der Waals surface area (Å²) in [6.45, 7) is 0.351. The van der Waals surface area contributed by atoms with Crippen LogP contribution in [0, 0.1) is 5.82 Å². The van der Waals surface area contributed by atoms with E-state index in [0.29, 0.717) is 18.1 Å². The summed E-state index contributed by atoms with van der Waals surface area (Å²) >= 11 is 5.88. The van der Waals surface area contributed by atoms with E-state index in [0.717, 1.165) is 5.56 Å². The van der Waals surface area contributed by atoms with Crippen LogP contribution < -0.4 is 5.32 Å². The van der Waals surface area contributed by atoms with Gasteiger partial charge in [0.05, 0.1) is 12.6 Å². The third-order valence-electron chi connectivity index (χ3n) is 2.27. The maximum Gasteiger partial charge on any atom is 0.407 e. The molecule has 1 aromatic rings. The summed E-state index contributed by atoms with van der Waals surface area (Å²) in [5, 5.41) is 2.95. The number of ether oxygens (including phenoxy) is 1. The molecule has 1 aliphatic heterocycles. The number of amides is 1. The van der Waals surface area contributed by atoms with Crippen LogP contribution in [-0.2, 0) is 4.74 Å². The number of hydrogen-bond acceptors (Lipinski definition) is 2. The van der Waals surface area contributed by atoms with Gasteiger partial charge in [-0.15, -0.1) is 12.4 Å². The largest absolute Gasteiger partial charge is 0.449 e. The van der Waals surface area contributed by atoms with Crippen molar-refractivity contribution in [2.24, 2.45) is 0 Å². The van der Waals surface area contributed by atoms with Gasteiger partial charge in [0.15, 0.2) is 0 Å². The van der Waals surface area contributed by atoms with Crippen molar-refractivity contribution in [3.8, 4) is 0 Å². The van der Waals surface area contributed by atoms with Gasteiger partial charge < -0.3 is 10.1 Å². The van der Waals surface area contributed by atoms with Crippen LogP contribution in [-0.4, -0.2) is 12.7 Å². The van der Waals surface area contributed by atoms with Crippen molar-refractivity contribution < 1.29 is 13.9 Å². The van der Waals surface area contributed by atoms with E-state index in [4.69, 9.17) is 16.3 Å². The van der Waals surface area contributed by atoms with Crippen molar-refractivity contribution in [2.45, 2.75) is 12.5 Å². The average molecular weight is 266 g/mol. The van der Waals surface area contributed by atoms with Gasteiger partial charge in [0, 0.05) is 11.4 Å². The first-order valence-electron chi connectivity index (χ1n) is 4.55. The molecule has 1 amide bonds. The molecule has 2 rings (SSSR count). The van der Waals surface area contributed by atoms with Gasteiger partial charge in [0.2, 0.25) is 0 Å². The first-order chi connectivity index (χ1) is 7.16. The molecule has 1 aromatic carbocycles. The Balaban J connectivity index is 0.00000128. The van der Waals surface area contributed by atoms with Crippen LogP contribution in [0.25, 0.3) is 0 Å². The predicted octanol–water partition coefficient (Wildman–Crippen LogP) is 3.07. The molecule has 0 aliphatic carbocycles. The molecule has 1 atom stereocenters. The van der Waals surface area contributed by atoms with Crippen molar-refractivity contribution >= 4 is 30.1 Å². The normalized spacial score (nSPS) is 19.4. The topological polar surface area (TPSA) is 38.3 Å². The number of rotatable bonds is 1. The van der Waals surface area contributed by atoms with Gasteiger partial charge in [0.1, 0.15) is 5.82 Å². The Labute approximate surface area is 103 Å². The van der Waals surface area contributed by atoms with E-state index >= 15 is 0 Å². The molecule has 0 unspecified atom stereocenters. The number of halogens is 3. The van der Waals surface area contributed by atoms with E-state index in [-0.39, 0.29) is 24.3 Å². The quantitative estimate of drug-likeness (QED) is 0.848. The molecule has 0 saturated carbocycles. The Bertz CT molecular complexity index is 400. The first kappa shape index (κ1) is 13.1. The van der Waals surface area contributed by atoms with Crippen molar-refractivity contribution in [3.05, 3.63) is 34.6 Å². The summed E-state index contributed by atoms with van der Waals surface area (Å²) in [6, 6.07) is 3.94. The molecule has 0 radical (unpaired) electrons. The van der Waals surface area contributed by atoms with E-state index in [1.165, 1.54) is 12.1 Å². The SMILES string of the molecule is Cl.O=C1N[C@H](c2ccc(F)cc2Cl)CCO1. The van der Waals surface area contributed by atoms with Gasteiger partial charge in [-0.3, -0.25) is 0 Å². The molecule has 1 fully saturated rings. The van der Waals surface area contributed by atoms with Crippen LogP contribution in [0.2, 0.25) is 5.02 Å². The molecule has 0 bridgehead atoms. The highest BCUT2D eigenvalue weighted by atomic mass is 35.5. The van der Waals surface area contributed by atoms with E-state index in [1.807, 2.05) is 0 Å². The maximum absolute atomic E-state index is 12.8. The zero-order chi connectivity index (χ0) is 10.8. The summed E-state index contributed by atoms with van der Waals surface area (Å²) in [7, 11) is 0. The average Bonchev–Trinajstić information content (AvgIpc) is 2.17. The number of alkyl carbamates (subject to hydrolysis) is 1. The highest BCUT2D eigenvalue weighted by Crippen LogP contribution is 2.27. The van der Waals surface area contributed by atoms with Crippen LogP contribution in [0.5, 0.6) is 0 Å². The first-order valence-corrected chi connectivity index (χ1v) is 4.93. The van der Waals surface area contributed by atoms with Crippen molar-refractivity contribution in [1.82, 2.24) is 5.32 Å². The van der Waals surface area contributed by atoms with Crippen LogP contribution in [0.4, 0.5) is 9.18 Å². The van der Waals surface area contributed by atoms with Gasteiger partial charge in [-0.2, -0.15) is 0 Å². The molecule has 16 heavy (non-hydrogen) atoms. The highest BCUT2D eigenvalue weighted by Gasteiger charge is 2.22. The zero-order valence-corrected chi connectivity index (χ0v) is 9.78. The molecule has 0 spiro atoms. The fourth-order valence-corrected chi connectivity index (χ4v) is 1.84. The second-order valence-corrected chi connectivity index (χ2v) is 3.69. The lowest BCUT2D eigenvalue weighted by molar-refractivity contribution is 0.115. The number of cyclic esters (lactones) is 1. The Morgan fingerprint density at radius 3 is 2.88 bits per heavy atom. The minimum Gasteiger partial charge on any atom is -0.449 e. The Morgan fingerprint density at radius 1 is 1.50 bits per heavy atom. The van der Waals surface area contributed by atoms with Crippen molar-refractivity contribution in [2.75, 3.05) is 6.61 Å². The minimum absolute atomic E-state index is 0. The van der Waals surface area contributed by atoms with Crippen LogP contribution >= 0.6 is 24.0 Å². The molecule has 3 nitrogen and oxygen atoms in total. The van der Waals surface area contributed by atoms with Crippen LogP contribution in [0.1, 0.15) is 18.0 Å². The summed E-state index contributed by atoms with van der Waals surface area (Å²) in [5.74, 6) is -0.387. The lowest BCUT2D eigenvalue weighted by atomic mass is 10.0. The number of hydrogen-bond donors (Lipinski definition) is 1. The number of carbonyl (C=O) groups is 1. The fourth-order valence-electron chi connectivity index (χ4n) is 1.54.